The molecule has 0 aromatic heterocycles. The van der Waals surface area contributed by atoms with Crippen molar-refractivity contribution in [1.29, 1.82) is 0 Å². The smallest absolute Gasteiger partial charge is 0.240 e. The highest BCUT2D eigenvalue weighted by atomic mass is 32.2. The minimum atomic E-state index is -0.559. The third kappa shape index (κ3) is 5.73. The molecule has 2 heterocycles. The normalized spacial score (nSPS) is 25.3. The van der Waals surface area contributed by atoms with Crippen molar-refractivity contribution in [3.05, 3.63) is 0 Å². The molecule has 2 aliphatic heterocycles. The number of amides is 4. The lowest BCUT2D eigenvalue weighted by Gasteiger charge is -2.04. The molecule has 26 heavy (non-hydrogen) atoms. The van der Waals surface area contributed by atoms with Gasteiger partial charge in [-0.3, -0.25) is 19.2 Å². The molecule has 0 radical (unpaired) electrons. The Morgan fingerprint density at radius 3 is 1.62 bits per heavy atom. The summed E-state index contributed by atoms with van der Waals surface area (Å²) in [5.74, 6) is -1.03. The Morgan fingerprint density at radius 2 is 1.27 bits per heavy atom. The van der Waals surface area contributed by atoms with E-state index in [0.29, 0.717) is 13.1 Å². The van der Waals surface area contributed by atoms with Crippen LogP contribution < -0.4 is 21.3 Å². The highest BCUT2D eigenvalue weighted by Crippen LogP contribution is 2.24. The monoisotopic (exact) mass is 400 g/mol. The summed E-state index contributed by atoms with van der Waals surface area (Å²) in [7, 11) is 0. The summed E-state index contributed by atoms with van der Waals surface area (Å²) in [6, 6.07) is 0. The van der Waals surface area contributed by atoms with Gasteiger partial charge in [0.25, 0.3) is 0 Å². The van der Waals surface area contributed by atoms with Crippen molar-refractivity contribution in [2.24, 2.45) is 10.2 Å². The van der Waals surface area contributed by atoms with Crippen LogP contribution in [0.2, 0.25) is 0 Å². The lowest BCUT2D eigenvalue weighted by atomic mass is 10.3. The third-order valence-electron chi connectivity index (χ3n) is 3.27. The Labute approximate surface area is 158 Å². The van der Waals surface area contributed by atoms with Gasteiger partial charge in [0.05, 0.1) is 0 Å². The summed E-state index contributed by atoms with van der Waals surface area (Å²) in [5, 5.41) is 17.6. The number of rotatable bonds is 7. The molecular formula is C14H20N6O4S2. The SMILES string of the molecule is CCNC(=O)C[C@H]1S/C(=N/N=C2\NC(=O)[C@@H](CC(=O)NCC)S2)NC1=O. The van der Waals surface area contributed by atoms with E-state index in [2.05, 4.69) is 31.5 Å². The zero-order valence-corrected chi connectivity index (χ0v) is 16.0. The van der Waals surface area contributed by atoms with Gasteiger partial charge in [0.2, 0.25) is 23.6 Å². The fourth-order valence-corrected chi connectivity index (χ4v) is 3.97. The lowest BCUT2D eigenvalue weighted by Crippen LogP contribution is -2.31. The summed E-state index contributed by atoms with van der Waals surface area (Å²) in [6.45, 7) is 4.60. The maximum Gasteiger partial charge on any atom is 0.240 e. The first-order valence-electron chi connectivity index (χ1n) is 8.07. The average Bonchev–Trinajstić information content (AvgIpc) is 3.09. The minimum Gasteiger partial charge on any atom is -0.356 e. The zero-order valence-electron chi connectivity index (χ0n) is 14.3. The van der Waals surface area contributed by atoms with E-state index in [-0.39, 0.29) is 46.8 Å². The van der Waals surface area contributed by atoms with E-state index >= 15 is 0 Å². The topological polar surface area (TPSA) is 141 Å². The van der Waals surface area contributed by atoms with Crippen LogP contribution in [0.3, 0.4) is 0 Å². The molecule has 2 rings (SSSR count). The molecule has 2 fully saturated rings. The van der Waals surface area contributed by atoms with Crippen molar-refractivity contribution in [2.45, 2.75) is 37.2 Å². The molecule has 0 spiro atoms. The van der Waals surface area contributed by atoms with Gasteiger partial charge in [-0.1, -0.05) is 23.5 Å². The van der Waals surface area contributed by atoms with Gasteiger partial charge in [0.1, 0.15) is 10.5 Å². The molecule has 0 bridgehead atoms. The van der Waals surface area contributed by atoms with Crippen LogP contribution in [0.25, 0.3) is 0 Å². The first kappa shape index (κ1) is 20.2. The molecular weight excluding hydrogens is 380 g/mol. The molecule has 0 aliphatic carbocycles. The van der Waals surface area contributed by atoms with Crippen LogP contribution in [-0.2, 0) is 19.2 Å². The van der Waals surface area contributed by atoms with Crippen LogP contribution in [0.5, 0.6) is 0 Å². The van der Waals surface area contributed by atoms with Crippen molar-refractivity contribution in [3.63, 3.8) is 0 Å². The van der Waals surface area contributed by atoms with E-state index in [4.69, 9.17) is 0 Å². The van der Waals surface area contributed by atoms with E-state index in [0.717, 1.165) is 23.5 Å². The maximum atomic E-state index is 11.8. The third-order valence-corrected chi connectivity index (χ3v) is 5.42. The number of carbonyl (C=O) groups excluding carboxylic acids is 4. The molecule has 10 nitrogen and oxygen atoms in total. The first-order valence-corrected chi connectivity index (χ1v) is 9.82. The van der Waals surface area contributed by atoms with Gasteiger partial charge >= 0.3 is 0 Å². The molecule has 0 aromatic rings. The van der Waals surface area contributed by atoms with Crippen molar-refractivity contribution >= 4 is 57.5 Å². The quantitative estimate of drug-likeness (QED) is 0.409. The number of amidine groups is 2. The highest BCUT2D eigenvalue weighted by Gasteiger charge is 2.34. The number of nitrogens with one attached hydrogen (secondary N) is 4. The lowest BCUT2D eigenvalue weighted by molar-refractivity contribution is -0.125. The Morgan fingerprint density at radius 1 is 0.885 bits per heavy atom. The van der Waals surface area contributed by atoms with Gasteiger partial charge in [0.15, 0.2) is 10.3 Å². The van der Waals surface area contributed by atoms with Crippen molar-refractivity contribution in [3.8, 4) is 0 Å². The molecule has 12 heteroatoms. The molecule has 2 atom stereocenters. The van der Waals surface area contributed by atoms with E-state index in [1.165, 1.54) is 0 Å². The predicted octanol–water partition coefficient (Wildman–Crippen LogP) is -0.871. The molecule has 4 N–H and O–H groups in total. The second kappa shape index (κ2) is 9.57. The van der Waals surface area contributed by atoms with Gasteiger partial charge in [-0.05, 0) is 13.8 Å². The van der Waals surface area contributed by atoms with Crippen LogP contribution in [0, 0.1) is 0 Å². The second-order valence-electron chi connectivity index (χ2n) is 5.32. The van der Waals surface area contributed by atoms with Crippen LogP contribution in [-0.4, -0.2) is 57.6 Å². The van der Waals surface area contributed by atoms with E-state index in [1.54, 1.807) is 13.8 Å². The van der Waals surface area contributed by atoms with Crippen LogP contribution in [0.1, 0.15) is 26.7 Å². The molecule has 2 saturated heterocycles. The fourth-order valence-electron chi connectivity index (χ4n) is 2.14. The summed E-state index contributed by atoms with van der Waals surface area (Å²) < 4.78 is 0. The Balaban J connectivity index is 1.90. The fraction of sp³-hybridized carbons (Fsp3) is 0.571. The number of thioether (sulfide) groups is 2. The van der Waals surface area contributed by atoms with Crippen LogP contribution in [0.15, 0.2) is 10.2 Å². The summed E-state index contributed by atoms with van der Waals surface area (Å²) >= 11 is 2.22. The van der Waals surface area contributed by atoms with Gasteiger partial charge in [-0.2, -0.15) is 0 Å². The highest BCUT2D eigenvalue weighted by molar-refractivity contribution is 8.16. The van der Waals surface area contributed by atoms with Crippen LogP contribution in [0.4, 0.5) is 0 Å². The minimum absolute atomic E-state index is 0.0556. The Hall–Kier alpha value is -2.08. The van der Waals surface area contributed by atoms with E-state index < -0.39 is 10.5 Å². The maximum absolute atomic E-state index is 11.8. The average molecular weight is 400 g/mol. The first-order chi connectivity index (χ1) is 12.4. The molecule has 2 aliphatic rings. The molecule has 142 valence electrons. The van der Waals surface area contributed by atoms with Crippen molar-refractivity contribution in [2.75, 3.05) is 13.1 Å². The molecule has 4 amide bonds. The number of carbonyl (C=O) groups is 4. The van der Waals surface area contributed by atoms with Crippen molar-refractivity contribution < 1.29 is 19.2 Å². The zero-order chi connectivity index (χ0) is 19.1. The van der Waals surface area contributed by atoms with E-state index in [1.807, 2.05) is 0 Å². The van der Waals surface area contributed by atoms with Gasteiger partial charge in [-0.25, -0.2) is 0 Å². The van der Waals surface area contributed by atoms with Gasteiger partial charge in [-0.15, -0.1) is 10.2 Å². The Bertz CT molecular complexity index is 610. The van der Waals surface area contributed by atoms with Crippen LogP contribution >= 0.6 is 23.5 Å². The summed E-state index contributed by atoms with van der Waals surface area (Å²) in [6.07, 6.45) is 0.111. The number of nitrogens with zero attached hydrogens (tertiary/aromatic N) is 2. The van der Waals surface area contributed by atoms with Gasteiger partial charge in [0, 0.05) is 25.9 Å². The molecule has 0 saturated carbocycles. The summed E-state index contributed by atoms with van der Waals surface area (Å²) in [5.41, 5.74) is 0. The number of hydrogen-bond donors (Lipinski definition) is 4. The van der Waals surface area contributed by atoms with Gasteiger partial charge < -0.3 is 21.3 Å². The molecule has 0 aromatic carbocycles. The Kier molecular flexibility index (Phi) is 7.45. The number of hydrogen-bond acceptors (Lipinski definition) is 8. The standard InChI is InChI=1S/C14H20N6O4S2/c1-3-15-9(21)5-7-11(23)17-13(25-7)19-20-14-18-12(24)8(26-14)6-10(22)16-4-2/h7-8H,3-6H2,1-2H3,(H,15,21)(H,16,22)(H,17,19,23)(H,18,20,24)/t7-,8-/m1/s1. The molecule has 0 unspecified atom stereocenters. The largest absolute Gasteiger partial charge is 0.356 e. The predicted molar refractivity (Wildman–Crippen MR) is 101 cm³/mol. The summed E-state index contributed by atoms with van der Waals surface area (Å²) in [4.78, 5) is 46.8. The van der Waals surface area contributed by atoms with Crippen molar-refractivity contribution in [1.82, 2.24) is 21.3 Å². The second-order valence-corrected chi connectivity index (χ2v) is 7.70. The van der Waals surface area contributed by atoms with E-state index in [9.17, 15) is 19.2 Å².